The van der Waals surface area contributed by atoms with Crippen LogP contribution in [0.4, 0.5) is 0 Å². The van der Waals surface area contributed by atoms with Crippen LogP contribution in [-0.2, 0) is 12.8 Å². The molecule has 1 aromatic carbocycles. The minimum atomic E-state index is -0.199. The number of phenolic OH excluding ortho intramolecular Hbond substituents is 1. The zero-order chi connectivity index (χ0) is 20.3. The van der Waals surface area contributed by atoms with Crippen molar-refractivity contribution >= 4 is 11.8 Å². The lowest BCUT2D eigenvalue weighted by Gasteiger charge is -2.34. The number of carbonyl (C=O) groups excluding carboxylic acids is 2. The third-order valence-electron chi connectivity index (χ3n) is 6.45. The van der Waals surface area contributed by atoms with E-state index in [1.165, 1.54) is 6.20 Å². The number of fused-ring (bicyclic) bond motifs is 2. The van der Waals surface area contributed by atoms with Gasteiger partial charge in [-0.25, -0.2) is 0 Å². The van der Waals surface area contributed by atoms with Gasteiger partial charge in [-0.15, -0.1) is 0 Å². The summed E-state index contributed by atoms with van der Waals surface area (Å²) in [5, 5.41) is 10.6. The van der Waals surface area contributed by atoms with Gasteiger partial charge >= 0.3 is 0 Å². The van der Waals surface area contributed by atoms with Crippen LogP contribution in [0, 0.1) is 6.92 Å². The van der Waals surface area contributed by atoms with Crippen LogP contribution >= 0.6 is 0 Å². The molecule has 7 nitrogen and oxygen atoms in total. The van der Waals surface area contributed by atoms with Crippen LogP contribution in [-0.4, -0.2) is 56.9 Å². The average molecular weight is 393 g/mol. The second kappa shape index (κ2) is 6.47. The highest BCUT2D eigenvalue weighted by molar-refractivity contribution is 5.99. The highest BCUT2D eigenvalue weighted by Gasteiger charge is 2.52. The molecule has 2 aliphatic carbocycles. The fourth-order valence-electron chi connectivity index (χ4n) is 4.75. The van der Waals surface area contributed by atoms with Crippen LogP contribution in [0.25, 0.3) is 0 Å². The molecule has 3 aliphatic rings. The van der Waals surface area contributed by atoms with Crippen LogP contribution in [0.3, 0.4) is 0 Å². The Morgan fingerprint density at radius 1 is 1.10 bits per heavy atom. The molecule has 1 aliphatic heterocycles. The standard InChI is InChI=1S/C22H23N3O4/c1-12-9-14(11-23-20(12)27)21(28)24-7-8-25(18-10-17(18)24)22(29)16-6-5-13-3-2-4-15(13)19(16)26/h5-6,9,11,17-18,26H,2-4,7-8,10H2,1H3,(H,23,27). The molecule has 5 rings (SSSR count). The number of pyridine rings is 1. The van der Waals surface area contributed by atoms with E-state index in [-0.39, 0.29) is 35.2 Å². The highest BCUT2D eigenvalue weighted by atomic mass is 16.3. The van der Waals surface area contributed by atoms with Crippen molar-refractivity contribution in [1.29, 1.82) is 0 Å². The molecule has 0 radical (unpaired) electrons. The lowest BCUT2D eigenvalue weighted by atomic mass is 10.0. The molecule has 29 heavy (non-hydrogen) atoms. The number of aromatic amines is 1. The number of phenols is 1. The van der Waals surface area contributed by atoms with Crippen LogP contribution in [0.15, 0.2) is 29.2 Å². The minimum Gasteiger partial charge on any atom is -0.507 e. The van der Waals surface area contributed by atoms with Gasteiger partial charge in [0.15, 0.2) is 0 Å². The second-order valence-electron chi connectivity index (χ2n) is 8.22. The smallest absolute Gasteiger partial charge is 0.258 e. The van der Waals surface area contributed by atoms with Gasteiger partial charge in [-0.05, 0) is 55.9 Å². The number of nitrogens with one attached hydrogen (secondary N) is 1. The van der Waals surface area contributed by atoms with Crippen molar-refractivity contribution in [3.05, 3.63) is 62.6 Å². The Labute approximate surface area is 168 Å². The zero-order valence-electron chi connectivity index (χ0n) is 16.3. The molecule has 0 spiro atoms. The van der Waals surface area contributed by atoms with E-state index >= 15 is 0 Å². The first-order valence-electron chi connectivity index (χ1n) is 10.1. The number of benzene rings is 1. The molecule has 1 aromatic heterocycles. The Balaban J connectivity index is 1.33. The van der Waals surface area contributed by atoms with Gasteiger partial charge in [0.25, 0.3) is 17.4 Å². The summed E-state index contributed by atoms with van der Waals surface area (Å²) in [7, 11) is 0. The maximum absolute atomic E-state index is 13.1. The normalized spacial score (nSPS) is 22.2. The molecular weight excluding hydrogens is 370 g/mol. The van der Waals surface area contributed by atoms with Gasteiger partial charge < -0.3 is 19.9 Å². The molecule has 1 saturated heterocycles. The molecule has 2 unspecified atom stereocenters. The number of hydrogen-bond donors (Lipinski definition) is 2. The number of aromatic hydroxyl groups is 1. The molecule has 2 amide bonds. The number of aryl methyl sites for hydroxylation is 2. The third kappa shape index (κ3) is 2.84. The molecule has 2 aromatic rings. The van der Waals surface area contributed by atoms with Gasteiger partial charge in [-0.2, -0.15) is 0 Å². The maximum atomic E-state index is 13.1. The SMILES string of the molecule is Cc1cc(C(=O)N2CCN(C(=O)c3ccc4c(c3O)CCC4)C3CC32)c[nH]c1=O. The predicted molar refractivity (Wildman–Crippen MR) is 106 cm³/mol. The van der Waals surface area contributed by atoms with Crippen molar-refractivity contribution < 1.29 is 14.7 Å². The molecular formula is C22H23N3O4. The molecule has 0 bridgehead atoms. The summed E-state index contributed by atoms with van der Waals surface area (Å²) < 4.78 is 0. The number of hydrogen-bond acceptors (Lipinski definition) is 4. The number of H-pyrrole nitrogens is 1. The van der Waals surface area contributed by atoms with E-state index in [9.17, 15) is 19.5 Å². The Kier molecular flexibility index (Phi) is 4.01. The summed E-state index contributed by atoms with van der Waals surface area (Å²) in [6.07, 6.45) is 4.97. The van der Waals surface area contributed by atoms with E-state index in [1.807, 2.05) is 6.07 Å². The summed E-state index contributed by atoms with van der Waals surface area (Å²) in [5.74, 6) is -0.148. The summed E-state index contributed by atoms with van der Waals surface area (Å²) in [4.78, 5) is 43.7. The van der Waals surface area contributed by atoms with Crippen LogP contribution < -0.4 is 5.56 Å². The molecule has 2 atom stereocenters. The number of carbonyl (C=O) groups is 2. The minimum absolute atomic E-state index is 0.0102. The van der Waals surface area contributed by atoms with Crippen molar-refractivity contribution in [2.45, 2.75) is 44.7 Å². The Bertz CT molecular complexity index is 1090. The highest BCUT2D eigenvalue weighted by Crippen LogP contribution is 2.40. The van der Waals surface area contributed by atoms with Crippen molar-refractivity contribution in [2.75, 3.05) is 13.1 Å². The number of aromatic nitrogens is 1. The third-order valence-corrected chi connectivity index (χ3v) is 6.45. The van der Waals surface area contributed by atoms with Crippen molar-refractivity contribution in [3.63, 3.8) is 0 Å². The van der Waals surface area contributed by atoms with E-state index in [4.69, 9.17) is 0 Å². The maximum Gasteiger partial charge on any atom is 0.258 e. The van der Waals surface area contributed by atoms with E-state index in [0.717, 1.165) is 36.8 Å². The van der Waals surface area contributed by atoms with Gasteiger partial charge in [0.1, 0.15) is 5.75 Å². The number of rotatable bonds is 2. The topological polar surface area (TPSA) is 93.7 Å². The van der Waals surface area contributed by atoms with Crippen LogP contribution in [0.5, 0.6) is 5.75 Å². The second-order valence-corrected chi connectivity index (χ2v) is 8.22. The summed E-state index contributed by atoms with van der Waals surface area (Å²) in [5.41, 5.74) is 3.18. The van der Waals surface area contributed by atoms with E-state index in [2.05, 4.69) is 4.98 Å². The molecule has 2 N–H and O–H groups in total. The van der Waals surface area contributed by atoms with Gasteiger partial charge in [-0.1, -0.05) is 6.07 Å². The van der Waals surface area contributed by atoms with E-state index in [0.29, 0.717) is 29.8 Å². The van der Waals surface area contributed by atoms with Gasteiger partial charge in [-0.3, -0.25) is 14.4 Å². The van der Waals surface area contributed by atoms with Crippen LogP contribution in [0.1, 0.15) is 50.2 Å². The quantitative estimate of drug-likeness (QED) is 0.811. The lowest BCUT2D eigenvalue weighted by molar-refractivity contribution is 0.0524. The summed E-state index contributed by atoms with van der Waals surface area (Å²) in [6, 6.07) is 5.27. The van der Waals surface area contributed by atoms with Gasteiger partial charge in [0, 0.05) is 24.8 Å². The molecule has 7 heteroatoms. The first-order valence-corrected chi connectivity index (χ1v) is 10.1. The first kappa shape index (κ1) is 18.0. The van der Waals surface area contributed by atoms with E-state index in [1.54, 1.807) is 28.9 Å². The molecule has 150 valence electrons. The molecule has 2 fully saturated rings. The average Bonchev–Trinajstić information content (AvgIpc) is 3.37. The number of amides is 2. The molecule has 1 saturated carbocycles. The van der Waals surface area contributed by atoms with E-state index < -0.39 is 0 Å². The van der Waals surface area contributed by atoms with Gasteiger partial charge in [0.05, 0.1) is 23.2 Å². The number of nitrogens with zero attached hydrogens (tertiary/aromatic N) is 2. The monoisotopic (exact) mass is 393 g/mol. The largest absolute Gasteiger partial charge is 0.507 e. The Morgan fingerprint density at radius 2 is 1.83 bits per heavy atom. The zero-order valence-corrected chi connectivity index (χ0v) is 16.3. The number of piperazine rings is 1. The summed E-state index contributed by atoms with van der Waals surface area (Å²) in [6.45, 7) is 2.55. The van der Waals surface area contributed by atoms with Crippen molar-refractivity contribution in [2.24, 2.45) is 0 Å². The lowest BCUT2D eigenvalue weighted by Crippen LogP contribution is -2.50. The fourth-order valence-corrected chi connectivity index (χ4v) is 4.75. The predicted octanol–water partition coefficient (Wildman–Crippen LogP) is 1.62. The van der Waals surface area contributed by atoms with Gasteiger partial charge in [0.2, 0.25) is 0 Å². The van der Waals surface area contributed by atoms with Crippen LogP contribution in [0.2, 0.25) is 0 Å². The fraction of sp³-hybridized carbons (Fsp3) is 0.409. The first-order chi connectivity index (χ1) is 14.0. The van der Waals surface area contributed by atoms with Crippen molar-refractivity contribution in [3.8, 4) is 5.75 Å². The Hall–Kier alpha value is -3.09. The van der Waals surface area contributed by atoms with Crippen molar-refractivity contribution in [1.82, 2.24) is 14.8 Å². The summed E-state index contributed by atoms with van der Waals surface area (Å²) >= 11 is 0. The Morgan fingerprint density at radius 3 is 2.55 bits per heavy atom. The molecule has 2 heterocycles.